The highest BCUT2D eigenvalue weighted by atomic mass is 16.5. The molecule has 0 saturated heterocycles. The number of rotatable bonds is 6. The fraction of sp³-hybridized carbons (Fsp3) is 0.615. The summed E-state index contributed by atoms with van der Waals surface area (Å²) in [6, 6.07) is 0. The van der Waals surface area contributed by atoms with E-state index in [4.69, 9.17) is 4.52 Å². The lowest BCUT2D eigenvalue weighted by Crippen LogP contribution is -2.19. The van der Waals surface area contributed by atoms with Crippen LogP contribution in [0.3, 0.4) is 0 Å². The molecule has 6 heteroatoms. The molecule has 0 radical (unpaired) electrons. The van der Waals surface area contributed by atoms with Crippen molar-refractivity contribution in [1.82, 2.24) is 25.2 Å². The molecule has 104 valence electrons. The number of hydrogen-bond donors (Lipinski definition) is 1. The van der Waals surface area contributed by atoms with E-state index in [1.165, 1.54) is 12.0 Å². The Morgan fingerprint density at radius 3 is 2.79 bits per heavy atom. The summed E-state index contributed by atoms with van der Waals surface area (Å²) in [5, 5.41) is 11.8. The van der Waals surface area contributed by atoms with Crippen LogP contribution in [-0.2, 0) is 13.1 Å². The summed E-state index contributed by atoms with van der Waals surface area (Å²) >= 11 is 0. The van der Waals surface area contributed by atoms with Gasteiger partial charge in [-0.3, -0.25) is 4.68 Å². The van der Waals surface area contributed by atoms with Crippen LogP contribution in [0.15, 0.2) is 10.9 Å². The van der Waals surface area contributed by atoms with E-state index >= 15 is 0 Å². The molecule has 0 fully saturated rings. The first-order chi connectivity index (χ1) is 9.08. The number of aromatic nitrogens is 4. The van der Waals surface area contributed by atoms with E-state index in [1.807, 2.05) is 11.6 Å². The predicted octanol–water partition coefficient (Wildman–Crippen LogP) is 1.68. The lowest BCUT2D eigenvalue weighted by molar-refractivity contribution is 0.406. The molecule has 0 aliphatic heterocycles. The maximum absolute atomic E-state index is 4.74. The quantitative estimate of drug-likeness (QED) is 0.858. The van der Waals surface area contributed by atoms with Crippen molar-refractivity contribution in [2.24, 2.45) is 5.92 Å². The fourth-order valence-corrected chi connectivity index (χ4v) is 2.03. The third kappa shape index (κ3) is 3.41. The second-order valence-electron chi connectivity index (χ2n) is 5.18. The first-order valence-corrected chi connectivity index (χ1v) is 6.56. The van der Waals surface area contributed by atoms with Gasteiger partial charge in [0.05, 0.1) is 5.69 Å². The van der Waals surface area contributed by atoms with Crippen LogP contribution in [0.4, 0.5) is 0 Å². The van der Waals surface area contributed by atoms with Crippen molar-refractivity contribution in [3.05, 3.63) is 29.2 Å². The van der Waals surface area contributed by atoms with Gasteiger partial charge in [-0.15, -0.1) is 0 Å². The Hall–Kier alpha value is -1.69. The molecule has 1 N–H and O–H groups in total. The summed E-state index contributed by atoms with van der Waals surface area (Å²) in [7, 11) is 0. The zero-order valence-electron chi connectivity index (χ0n) is 12.0. The van der Waals surface area contributed by atoms with Gasteiger partial charge in [-0.25, -0.2) is 0 Å². The van der Waals surface area contributed by atoms with Gasteiger partial charge in [-0.2, -0.15) is 10.1 Å². The Kier molecular flexibility index (Phi) is 4.31. The monoisotopic (exact) mass is 263 g/mol. The van der Waals surface area contributed by atoms with Gasteiger partial charge >= 0.3 is 0 Å². The molecule has 0 atom stereocenters. The smallest absolute Gasteiger partial charge is 0.213 e. The summed E-state index contributed by atoms with van der Waals surface area (Å²) in [6.07, 6.45) is 1.34. The van der Waals surface area contributed by atoms with E-state index in [-0.39, 0.29) is 0 Å². The molecule has 0 saturated carbocycles. The van der Waals surface area contributed by atoms with Gasteiger partial charge in [-0.1, -0.05) is 19.0 Å². The van der Waals surface area contributed by atoms with Gasteiger partial charge < -0.3 is 9.84 Å². The molecule has 0 aromatic carbocycles. The molecule has 0 spiro atoms. The Morgan fingerprint density at radius 1 is 1.37 bits per heavy atom. The van der Waals surface area contributed by atoms with Crippen molar-refractivity contribution in [2.45, 2.75) is 40.8 Å². The molecule has 19 heavy (non-hydrogen) atoms. The number of nitrogens with zero attached hydrogens (tertiary/aromatic N) is 4. The zero-order chi connectivity index (χ0) is 13.8. The van der Waals surface area contributed by atoms with Gasteiger partial charge in [0.25, 0.3) is 0 Å². The SMILES string of the molecule is Cc1nn(Cc2ncon2)c(C)c1CNCC(C)C. The van der Waals surface area contributed by atoms with E-state index in [0.29, 0.717) is 18.3 Å². The largest absolute Gasteiger partial charge is 0.343 e. The number of aryl methyl sites for hydroxylation is 1. The summed E-state index contributed by atoms with van der Waals surface area (Å²) in [5.41, 5.74) is 3.46. The Balaban J connectivity index is 2.06. The van der Waals surface area contributed by atoms with E-state index in [9.17, 15) is 0 Å². The Labute approximate surface area is 113 Å². The topological polar surface area (TPSA) is 68.8 Å². The average molecular weight is 263 g/mol. The van der Waals surface area contributed by atoms with Crippen molar-refractivity contribution < 1.29 is 4.52 Å². The van der Waals surface area contributed by atoms with E-state index < -0.39 is 0 Å². The highest BCUT2D eigenvalue weighted by Crippen LogP contribution is 2.13. The van der Waals surface area contributed by atoms with Crippen LogP contribution in [-0.4, -0.2) is 26.5 Å². The van der Waals surface area contributed by atoms with Crippen LogP contribution in [0.1, 0.15) is 36.6 Å². The Bertz CT molecular complexity index is 515. The minimum atomic E-state index is 0.549. The highest BCUT2D eigenvalue weighted by molar-refractivity contribution is 5.24. The van der Waals surface area contributed by atoms with Crippen molar-refractivity contribution >= 4 is 0 Å². The standard InChI is InChI=1S/C13H21N5O/c1-9(2)5-14-6-12-10(3)16-18(11(12)4)7-13-15-8-19-17-13/h8-9,14H,5-7H2,1-4H3. The predicted molar refractivity (Wildman–Crippen MR) is 71.6 cm³/mol. The molecule has 0 unspecified atom stereocenters. The summed E-state index contributed by atoms with van der Waals surface area (Å²) in [4.78, 5) is 4.02. The van der Waals surface area contributed by atoms with Crippen LogP contribution < -0.4 is 5.32 Å². The Morgan fingerprint density at radius 2 is 2.16 bits per heavy atom. The van der Waals surface area contributed by atoms with Crippen LogP contribution in [0.5, 0.6) is 0 Å². The maximum Gasteiger partial charge on any atom is 0.213 e. The molecule has 6 nitrogen and oxygen atoms in total. The van der Waals surface area contributed by atoms with E-state index in [1.54, 1.807) is 0 Å². The minimum absolute atomic E-state index is 0.549. The van der Waals surface area contributed by atoms with Crippen LogP contribution in [0.25, 0.3) is 0 Å². The van der Waals surface area contributed by atoms with Gasteiger partial charge in [0, 0.05) is 17.8 Å². The van der Waals surface area contributed by atoms with E-state index in [0.717, 1.165) is 24.5 Å². The van der Waals surface area contributed by atoms with Crippen molar-refractivity contribution in [3.63, 3.8) is 0 Å². The van der Waals surface area contributed by atoms with Crippen molar-refractivity contribution in [1.29, 1.82) is 0 Å². The number of nitrogens with one attached hydrogen (secondary N) is 1. The van der Waals surface area contributed by atoms with Crippen LogP contribution in [0.2, 0.25) is 0 Å². The zero-order valence-corrected chi connectivity index (χ0v) is 12.0. The molecular weight excluding hydrogens is 242 g/mol. The lowest BCUT2D eigenvalue weighted by Gasteiger charge is -2.08. The summed E-state index contributed by atoms with van der Waals surface area (Å²) < 4.78 is 6.66. The van der Waals surface area contributed by atoms with E-state index in [2.05, 4.69) is 41.3 Å². The normalized spacial score (nSPS) is 11.4. The summed E-state index contributed by atoms with van der Waals surface area (Å²) in [6.45, 7) is 10.9. The molecule has 0 bridgehead atoms. The molecule has 0 amide bonds. The van der Waals surface area contributed by atoms with Crippen LogP contribution >= 0.6 is 0 Å². The van der Waals surface area contributed by atoms with Gasteiger partial charge in [-0.05, 0) is 26.3 Å². The van der Waals surface area contributed by atoms with Crippen LogP contribution in [0, 0.1) is 19.8 Å². The first-order valence-electron chi connectivity index (χ1n) is 6.56. The van der Waals surface area contributed by atoms with Gasteiger partial charge in [0.1, 0.15) is 6.54 Å². The third-order valence-corrected chi connectivity index (χ3v) is 3.08. The summed E-state index contributed by atoms with van der Waals surface area (Å²) in [5.74, 6) is 1.29. The molecule has 2 heterocycles. The van der Waals surface area contributed by atoms with Crippen molar-refractivity contribution in [2.75, 3.05) is 6.54 Å². The molecule has 2 rings (SSSR count). The number of hydrogen-bond acceptors (Lipinski definition) is 5. The second-order valence-corrected chi connectivity index (χ2v) is 5.18. The molecular formula is C13H21N5O. The highest BCUT2D eigenvalue weighted by Gasteiger charge is 2.12. The van der Waals surface area contributed by atoms with Crippen molar-refractivity contribution in [3.8, 4) is 0 Å². The molecule has 0 aliphatic carbocycles. The molecule has 0 aliphatic rings. The van der Waals surface area contributed by atoms with Gasteiger partial charge in [0.15, 0.2) is 5.82 Å². The average Bonchev–Trinajstić information content (AvgIpc) is 2.93. The second kappa shape index (κ2) is 5.97. The minimum Gasteiger partial charge on any atom is -0.343 e. The third-order valence-electron chi connectivity index (χ3n) is 3.08. The fourth-order valence-electron chi connectivity index (χ4n) is 2.03. The maximum atomic E-state index is 4.74. The first kappa shape index (κ1) is 13.7. The molecule has 2 aromatic rings. The molecule has 2 aromatic heterocycles. The lowest BCUT2D eigenvalue weighted by atomic mass is 10.2. The van der Waals surface area contributed by atoms with Gasteiger partial charge in [0.2, 0.25) is 6.39 Å².